The van der Waals surface area contributed by atoms with Gasteiger partial charge >= 0.3 is 0 Å². The summed E-state index contributed by atoms with van der Waals surface area (Å²) in [6, 6.07) is 10.6. The van der Waals surface area contributed by atoms with Crippen LogP contribution in [0.3, 0.4) is 0 Å². The van der Waals surface area contributed by atoms with Gasteiger partial charge in [-0.25, -0.2) is 0 Å². The summed E-state index contributed by atoms with van der Waals surface area (Å²) in [7, 11) is 0. The van der Waals surface area contributed by atoms with Crippen LogP contribution in [0.15, 0.2) is 42.7 Å². The summed E-state index contributed by atoms with van der Waals surface area (Å²) >= 11 is 0. The Hall–Kier alpha value is -2.16. The van der Waals surface area contributed by atoms with Gasteiger partial charge in [0.1, 0.15) is 0 Å². The van der Waals surface area contributed by atoms with E-state index in [1.54, 1.807) is 6.20 Å². The fraction of sp³-hybridized carbons (Fsp3) is 0.400. The minimum absolute atomic E-state index is 0.0145. The number of hydrogen-bond acceptors (Lipinski definition) is 2. The molecule has 1 aliphatic rings. The Labute approximate surface area is 138 Å². The van der Waals surface area contributed by atoms with E-state index in [4.69, 9.17) is 0 Å². The van der Waals surface area contributed by atoms with E-state index in [9.17, 15) is 4.79 Å². The molecule has 0 spiro atoms. The molecule has 1 unspecified atom stereocenters. The topological polar surface area (TPSA) is 33.2 Å². The highest BCUT2D eigenvalue weighted by Crippen LogP contribution is 2.35. The summed E-state index contributed by atoms with van der Waals surface area (Å²) in [5.74, 6) is 0.608. The second-order valence-corrected chi connectivity index (χ2v) is 6.83. The molecule has 1 amide bonds. The Morgan fingerprint density at radius 3 is 2.87 bits per heavy atom. The molecule has 3 nitrogen and oxygen atoms in total. The first-order chi connectivity index (χ1) is 11.1. The first-order valence-electron chi connectivity index (χ1n) is 8.35. The molecular formula is C20H24N2O. The van der Waals surface area contributed by atoms with Crippen LogP contribution in [-0.4, -0.2) is 22.3 Å². The number of hydrogen-bond donors (Lipinski definition) is 0. The van der Waals surface area contributed by atoms with Gasteiger partial charge in [0.2, 0.25) is 5.91 Å². The molecule has 0 fully saturated rings. The molecule has 0 saturated heterocycles. The number of pyridine rings is 1. The molecule has 23 heavy (non-hydrogen) atoms. The van der Waals surface area contributed by atoms with Gasteiger partial charge in [0.05, 0.1) is 6.04 Å². The van der Waals surface area contributed by atoms with Crippen molar-refractivity contribution < 1.29 is 4.79 Å². The minimum atomic E-state index is -0.0145. The van der Waals surface area contributed by atoms with Crippen molar-refractivity contribution in [3.05, 3.63) is 65.0 Å². The highest BCUT2D eigenvalue weighted by atomic mass is 16.2. The van der Waals surface area contributed by atoms with Crippen LogP contribution in [0.1, 0.15) is 48.6 Å². The normalized spacial score (nSPS) is 17.2. The van der Waals surface area contributed by atoms with Gasteiger partial charge in [0.25, 0.3) is 0 Å². The molecule has 1 aromatic heterocycles. The molecule has 1 atom stereocenters. The van der Waals surface area contributed by atoms with E-state index >= 15 is 0 Å². The third-order valence-electron chi connectivity index (χ3n) is 4.43. The fourth-order valence-corrected chi connectivity index (χ4v) is 3.39. The maximum atomic E-state index is 12.8. The van der Waals surface area contributed by atoms with Crippen molar-refractivity contribution in [3.63, 3.8) is 0 Å². The van der Waals surface area contributed by atoms with Crippen molar-refractivity contribution in [2.24, 2.45) is 5.92 Å². The lowest BCUT2D eigenvalue weighted by molar-refractivity contribution is -0.134. The number of aromatic nitrogens is 1. The van der Waals surface area contributed by atoms with Crippen LogP contribution in [-0.2, 0) is 11.2 Å². The molecular weight excluding hydrogens is 284 g/mol. The lowest BCUT2D eigenvalue weighted by Gasteiger charge is -2.38. The van der Waals surface area contributed by atoms with E-state index < -0.39 is 0 Å². The van der Waals surface area contributed by atoms with Gasteiger partial charge in [-0.15, -0.1) is 0 Å². The third-order valence-corrected chi connectivity index (χ3v) is 4.43. The number of fused-ring (bicyclic) bond motifs is 1. The average molecular weight is 308 g/mol. The molecule has 2 aromatic rings. The zero-order valence-electron chi connectivity index (χ0n) is 14.1. The third kappa shape index (κ3) is 3.29. The Balaban J connectivity index is 2.04. The van der Waals surface area contributed by atoms with Crippen LogP contribution in [0.4, 0.5) is 0 Å². The van der Waals surface area contributed by atoms with Crippen molar-refractivity contribution in [3.8, 4) is 0 Å². The summed E-state index contributed by atoms with van der Waals surface area (Å²) in [4.78, 5) is 19.1. The summed E-state index contributed by atoms with van der Waals surface area (Å²) < 4.78 is 0. The van der Waals surface area contributed by atoms with Crippen LogP contribution in [0, 0.1) is 12.8 Å². The molecule has 3 rings (SSSR count). The van der Waals surface area contributed by atoms with E-state index in [1.807, 2.05) is 17.2 Å². The van der Waals surface area contributed by atoms with Gasteiger partial charge in [-0.3, -0.25) is 9.78 Å². The second-order valence-electron chi connectivity index (χ2n) is 6.83. The quantitative estimate of drug-likeness (QED) is 0.861. The van der Waals surface area contributed by atoms with Crippen molar-refractivity contribution in [1.29, 1.82) is 0 Å². The zero-order valence-corrected chi connectivity index (χ0v) is 14.1. The number of amides is 1. The first-order valence-corrected chi connectivity index (χ1v) is 8.35. The average Bonchev–Trinajstić information content (AvgIpc) is 2.53. The van der Waals surface area contributed by atoms with Gasteiger partial charge in [-0.1, -0.05) is 43.7 Å². The highest BCUT2D eigenvalue weighted by Gasteiger charge is 2.32. The lowest BCUT2D eigenvalue weighted by Crippen LogP contribution is -2.41. The van der Waals surface area contributed by atoms with E-state index in [1.165, 1.54) is 16.7 Å². The molecule has 0 aliphatic carbocycles. The number of nitrogens with zero attached hydrogens (tertiary/aromatic N) is 2. The SMILES string of the molecule is Cc1ccc2c(c1)CCN(C(=O)CC(C)C)C2c1cccnc1. The molecule has 0 radical (unpaired) electrons. The maximum Gasteiger partial charge on any atom is 0.223 e. The smallest absolute Gasteiger partial charge is 0.223 e. The van der Waals surface area contributed by atoms with E-state index in [0.717, 1.165) is 18.5 Å². The maximum absolute atomic E-state index is 12.8. The molecule has 0 bridgehead atoms. The zero-order chi connectivity index (χ0) is 16.4. The highest BCUT2D eigenvalue weighted by molar-refractivity contribution is 5.78. The predicted octanol–water partition coefficient (Wildman–Crippen LogP) is 3.91. The van der Waals surface area contributed by atoms with Crippen molar-refractivity contribution >= 4 is 5.91 Å². The second kappa shape index (κ2) is 6.53. The summed E-state index contributed by atoms with van der Waals surface area (Å²) in [5.41, 5.74) is 4.96. The van der Waals surface area contributed by atoms with Crippen LogP contribution >= 0.6 is 0 Å². The van der Waals surface area contributed by atoms with Gasteiger partial charge in [0.15, 0.2) is 0 Å². The van der Waals surface area contributed by atoms with Crippen molar-refractivity contribution in [1.82, 2.24) is 9.88 Å². The minimum Gasteiger partial charge on any atom is -0.331 e. The van der Waals surface area contributed by atoms with Gasteiger partial charge in [-0.2, -0.15) is 0 Å². The molecule has 0 N–H and O–H groups in total. The molecule has 0 saturated carbocycles. The standard InChI is InChI=1S/C20H24N2O/c1-14(2)11-19(23)22-10-8-16-12-15(3)6-7-18(16)20(22)17-5-4-9-21-13-17/h4-7,9,12-14,20H,8,10-11H2,1-3H3. The lowest BCUT2D eigenvalue weighted by atomic mass is 9.87. The Bertz CT molecular complexity index is 694. The molecule has 1 aliphatic heterocycles. The number of aryl methyl sites for hydroxylation is 1. The Morgan fingerprint density at radius 2 is 2.17 bits per heavy atom. The summed E-state index contributed by atoms with van der Waals surface area (Å²) in [6.07, 6.45) is 5.19. The van der Waals surface area contributed by atoms with Crippen molar-refractivity contribution in [2.75, 3.05) is 6.54 Å². The molecule has 2 heterocycles. The van der Waals surface area contributed by atoms with E-state index in [-0.39, 0.29) is 11.9 Å². The molecule has 3 heteroatoms. The van der Waals surface area contributed by atoms with E-state index in [0.29, 0.717) is 12.3 Å². The van der Waals surface area contributed by atoms with Gasteiger partial charge < -0.3 is 4.90 Å². The first kappa shape index (κ1) is 15.7. The number of rotatable bonds is 3. The van der Waals surface area contributed by atoms with Crippen molar-refractivity contribution in [2.45, 2.75) is 39.7 Å². The Kier molecular flexibility index (Phi) is 4.46. The van der Waals surface area contributed by atoms with Gasteiger partial charge in [0, 0.05) is 25.4 Å². The number of benzene rings is 1. The van der Waals surface area contributed by atoms with Crippen LogP contribution in [0.25, 0.3) is 0 Å². The molecule has 120 valence electrons. The molecule has 1 aromatic carbocycles. The largest absolute Gasteiger partial charge is 0.331 e. The van der Waals surface area contributed by atoms with Crippen LogP contribution < -0.4 is 0 Å². The number of carbonyl (C=O) groups excluding carboxylic acids is 1. The van der Waals surface area contributed by atoms with Gasteiger partial charge in [-0.05, 0) is 42.0 Å². The Morgan fingerprint density at radius 1 is 1.35 bits per heavy atom. The van der Waals surface area contributed by atoms with E-state index in [2.05, 4.69) is 50.0 Å². The summed E-state index contributed by atoms with van der Waals surface area (Å²) in [5, 5.41) is 0. The monoisotopic (exact) mass is 308 g/mol. The predicted molar refractivity (Wildman–Crippen MR) is 92.1 cm³/mol. The summed E-state index contributed by atoms with van der Waals surface area (Å²) in [6.45, 7) is 7.09. The van der Waals surface area contributed by atoms with Crippen LogP contribution in [0.5, 0.6) is 0 Å². The van der Waals surface area contributed by atoms with Crippen LogP contribution in [0.2, 0.25) is 0 Å². The fourth-order valence-electron chi connectivity index (χ4n) is 3.39. The number of carbonyl (C=O) groups is 1.